The maximum absolute atomic E-state index is 12.7. The van der Waals surface area contributed by atoms with Crippen LogP contribution in [0.3, 0.4) is 0 Å². The van der Waals surface area contributed by atoms with Gasteiger partial charge in [0, 0.05) is 10.9 Å². The van der Waals surface area contributed by atoms with Crippen molar-refractivity contribution >= 4 is 39.9 Å². The van der Waals surface area contributed by atoms with Gasteiger partial charge in [0.05, 0.1) is 24.5 Å². The van der Waals surface area contributed by atoms with Crippen molar-refractivity contribution in [2.45, 2.75) is 20.0 Å². The molecule has 0 saturated carbocycles. The lowest BCUT2D eigenvalue weighted by Crippen LogP contribution is -2.34. The van der Waals surface area contributed by atoms with Gasteiger partial charge in [-0.05, 0) is 74.1 Å². The molecule has 2 N–H and O–H groups in total. The lowest BCUT2D eigenvalue weighted by molar-refractivity contribution is 0.0977. The lowest BCUT2D eigenvalue weighted by atomic mass is 10.0. The summed E-state index contributed by atoms with van der Waals surface area (Å²) in [7, 11) is 1.52. The lowest BCUT2D eigenvalue weighted by Gasteiger charge is -2.15. The number of methoxy groups -OCH3 is 1. The van der Waals surface area contributed by atoms with Gasteiger partial charge < -0.3 is 19.2 Å². The standard InChI is InChI=1S/C27H24N2O5S/c1-16(2)33-20-9-6-8-19(13-20)25(30)29-27(35)28-22-15-17(11-12-24(22)32-3)21-14-18-7-4-5-10-23(18)34-26(21)31/h4-16H,1-3H3,(H2,28,29,30,35). The molecule has 0 spiro atoms. The molecule has 0 fully saturated rings. The van der Waals surface area contributed by atoms with Gasteiger partial charge in [-0.15, -0.1) is 0 Å². The Morgan fingerprint density at radius 1 is 1.00 bits per heavy atom. The SMILES string of the molecule is COc1ccc(-c2cc3ccccc3oc2=O)cc1NC(=S)NC(=O)c1cccc(OC(C)C)c1. The second kappa shape index (κ2) is 10.4. The molecule has 178 valence electrons. The number of ether oxygens (including phenoxy) is 2. The van der Waals surface area contributed by atoms with Crippen LogP contribution in [0.2, 0.25) is 0 Å². The van der Waals surface area contributed by atoms with Crippen LogP contribution in [0.5, 0.6) is 11.5 Å². The Morgan fingerprint density at radius 3 is 2.57 bits per heavy atom. The summed E-state index contributed by atoms with van der Waals surface area (Å²) in [5.41, 5.74) is 1.95. The minimum absolute atomic E-state index is 0.0131. The number of fused-ring (bicyclic) bond motifs is 1. The number of nitrogens with one attached hydrogen (secondary N) is 2. The second-order valence-corrected chi connectivity index (χ2v) is 8.41. The molecular formula is C27H24N2O5S. The molecule has 0 aliphatic carbocycles. The number of hydrogen-bond donors (Lipinski definition) is 2. The average Bonchev–Trinajstić information content (AvgIpc) is 2.83. The average molecular weight is 489 g/mol. The van der Waals surface area contributed by atoms with E-state index in [9.17, 15) is 9.59 Å². The zero-order chi connectivity index (χ0) is 24.9. The van der Waals surface area contributed by atoms with Gasteiger partial charge >= 0.3 is 5.63 Å². The van der Waals surface area contributed by atoms with Gasteiger partial charge in [0.15, 0.2) is 5.11 Å². The van der Waals surface area contributed by atoms with E-state index in [0.717, 1.165) is 5.39 Å². The van der Waals surface area contributed by atoms with Crippen molar-refractivity contribution in [1.29, 1.82) is 0 Å². The third kappa shape index (κ3) is 5.67. The third-order valence-electron chi connectivity index (χ3n) is 5.10. The maximum atomic E-state index is 12.7. The Labute approximate surface area is 207 Å². The van der Waals surface area contributed by atoms with Crippen molar-refractivity contribution in [2.24, 2.45) is 0 Å². The van der Waals surface area contributed by atoms with Crippen molar-refractivity contribution in [3.05, 3.63) is 88.8 Å². The molecule has 1 heterocycles. The molecule has 8 heteroatoms. The fraction of sp³-hybridized carbons (Fsp3) is 0.148. The predicted molar refractivity (Wildman–Crippen MR) is 140 cm³/mol. The third-order valence-corrected chi connectivity index (χ3v) is 5.30. The molecule has 4 aromatic rings. The molecule has 0 radical (unpaired) electrons. The molecule has 1 amide bonds. The van der Waals surface area contributed by atoms with E-state index < -0.39 is 5.63 Å². The zero-order valence-electron chi connectivity index (χ0n) is 19.5. The normalized spacial score (nSPS) is 10.7. The molecule has 0 aliphatic heterocycles. The Kier molecular flexibility index (Phi) is 7.12. The summed E-state index contributed by atoms with van der Waals surface area (Å²) in [6.45, 7) is 3.82. The van der Waals surface area contributed by atoms with Crippen LogP contribution in [0.4, 0.5) is 5.69 Å². The van der Waals surface area contributed by atoms with Crippen molar-refractivity contribution < 1.29 is 18.7 Å². The summed E-state index contributed by atoms with van der Waals surface area (Å²) < 4.78 is 16.5. The first-order chi connectivity index (χ1) is 16.8. The fourth-order valence-corrected chi connectivity index (χ4v) is 3.75. The van der Waals surface area contributed by atoms with E-state index in [1.54, 1.807) is 54.6 Å². The Bertz CT molecular complexity index is 1460. The largest absolute Gasteiger partial charge is 0.495 e. The number of rotatable bonds is 6. The van der Waals surface area contributed by atoms with E-state index in [1.165, 1.54) is 7.11 Å². The highest BCUT2D eigenvalue weighted by atomic mass is 32.1. The van der Waals surface area contributed by atoms with Crippen molar-refractivity contribution in [1.82, 2.24) is 5.32 Å². The fourth-order valence-electron chi connectivity index (χ4n) is 3.55. The van der Waals surface area contributed by atoms with Gasteiger partial charge in [0.25, 0.3) is 5.91 Å². The predicted octanol–water partition coefficient (Wildman–Crippen LogP) is 5.38. The Morgan fingerprint density at radius 2 is 1.80 bits per heavy atom. The van der Waals surface area contributed by atoms with E-state index >= 15 is 0 Å². The summed E-state index contributed by atoms with van der Waals surface area (Å²) in [5, 5.41) is 6.53. The van der Waals surface area contributed by atoms with E-state index in [0.29, 0.717) is 39.5 Å². The van der Waals surface area contributed by atoms with Gasteiger partial charge in [-0.2, -0.15) is 0 Å². The molecule has 7 nitrogen and oxygen atoms in total. The number of amides is 1. The highest BCUT2D eigenvalue weighted by Gasteiger charge is 2.14. The molecule has 0 bridgehead atoms. The summed E-state index contributed by atoms with van der Waals surface area (Å²) in [6, 6.07) is 21.1. The van der Waals surface area contributed by atoms with Crippen LogP contribution in [0, 0.1) is 0 Å². The first kappa shape index (κ1) is 24.0. The number of hydrogen-bond acceptors (Lipinski definition) is 6. The van der Waals surface area contributed by atoms with Crippen LogP contribution in [0.25, 0.3) is 22.1 Å². The highest BCUT2D eigenvalue weighted by Crippen LogP contribution is 2.30. The van der Waals surface area contributed by atoms with Gasteiger partial charge in [0.1, 0.15) is 17.1 Å². The van der Waals surface area contributed by atoms with Gasteiger partial charge in [-0.1, -0.05) is 30.3 Å². The number of thiocarbonyl (C=S) groups is 1. The van der Waals surface area contributed by atoms with Gasteiger partial charge in [0.2, 0.25) is 0 Å². The van der Waals surface area contributed by atoms with Crippen LogP contribution in [0.15, 0.2) is 82.0 Å². The second-order valence-electron chi connectivity index (χ2n) is 8.00. The first-order valence-corrected chi connectivity index (χ1v) is 11.3. The van der Waals surface area contributed by atoms with Crippen LogP contribution in [-0.4, -0.2) is 24.2 Å². The summed E-state index contributed by atoms with van der Waals surface area (Å²) in [5.74, 6) is 0.694. The molecule has 0 aliphatic rings. The van der Waals surface area contributed by atoms with E-state index in [-0.39, 0.29) is 17.1 Å². The molecule has 3 aromatic carbocycles. The number of anilines is 1. The Balaban J connectivity index is 1.56. The summed E-state index contributed by atoms with van der Waals surface area (Å²) in [4.78, 5) is 25.3. The van der Waals surface area contributed by atoms with Crippen molar-refractivity contribution in [3.8, 4) is 22.6 Å². The number of benzene rings is 3. The van der Waals surface area contributed by atoms with E-state index in [1.807, 2.05) is 32.0 Å². The smallest absolute Gasteiger partial charge is 0.344 e. The molecule has 35 heavy (non-hydrogen) atoms. The first-order valence-electron chi connectivity index (χ1n) is 10.9. The van der Waals surface area contributed by atoms with Crippen LogP contribution in [-0.2, 0) is 0 Å². The molecule has 4 rings (SSSR count). The molecule has 1 aromatic heterocycles. The molecule has 0 saturated heterocycles. The minimum atomic E-state index is -0.459. The van der Waals surface area contributed by atoms with Gasteiger partial charge in [-0.3, -0.25) is 10.1 Å². The van der Waals surface area contributed by atoms with Crippen LogP contribution in [0.1, 0.15) is 24.2 Å². The highest BCUT2D eigenvalue weighted by molar-refractivity contribution is 7.80. The van der Waals surface area contributed by atoms with E-state index in [4.69, 9.17) is 26.1 Å². The number of para-hydroxylation sites is 1. The zero-order valence-corrected chi connectivity index (χ0v) is 20.3. The number of carbonyl (C=O) groups is 1. The van der Waals surface area contributed by atoms with Gasteiger partial charge in [-0.25, -0.2) is 4.79 Å². The monoisotopic (exact) mass is 488 g/mol. The molecule has 0 atom stereocenters. The van der Waals surface area contributed by atoms with Crippen LogP contribution >= 0.6 is 12.2 Å². The van der Waals surface area contributed by atoms with Crippen LogP contribution < -0.4 is 25.7 Å². The maximum Gasteiger partial charge on any atom is 0.344 e. The topological polar surface area (TPSA) is 89.8 Å². The summed E-state index contributed by atoms with van der Waals surface area (Å²) in [6.07, 6.45) is -0.0131. The molecule has 0 unspecified atom stereocenters. The quantitative estimate of drug-likeness (QED) is 0.278. The van der Waals surface area contributed by atoms with E-state index in [2.05, 4.69) is 10.6 Å². The van der Waals surface area contributed by atoms with Crippen molar-refractivity contribution in [2.75, 3.05) is 12.4 Å². The number of carbonyl (C=O) groups excluding carboxylic acids is 1. The molecular weight excluding hydrogens is 464 g/mol. The summed E-state index contributed by atoms with van der Waals surface area (Å²) >= 11 is 5.36. The Hall–Kier alpha value is -4.17. The van der Waals surface area contributed by atoms with Crippen molar-refractivity contribution in [3.63, 3.8) is 0 Å². The minimum Gasteiger partial charge on any atom is -0.495 e.